The van der Waals surface area contributed by atoms with E-state index < -0.39 is 0 Å². The Morgan fingerprint density at radius 1 is 1.11 bits per heavy atom. The van der Waals surface area contributed by atoms with Crippen LogP contribution in [-0.2, 0) is 0 Å². The normalized spacial score (nSPS) is 10.6. The second-order valence-corrected chi connectivity index (χ2v) is 6.20. The van der Waals surface area contributed by atoms with E-state index >= 15 is 0 Å². The van der Waals surface area contributed by atoms with Crippen molar-refractivity contribution in [2.75, 3.05) is 19.5 Å². The number of nitrogens with one attached hydrogen (secondary N) is 1. The molecule has 3 rings (SSSR count). The van der Waals surface area contributed by atoms with E-state index in [0.717, 1.165) is 11.4 Å². The molecule has 140 valence electrons. The maximum Gasteiger partial charge on any atom is 0.255 e. The Hall–Kier alpha value is -3.06. The Labute approximate surface area is 161 Å². The Morgan fingerprint density at radius 3 is 2.41 bits per heavy atom. The lowest BCUT2D eigenvalue weighted by molar-refractivity contribution is 0.102. The van der Waals surface area contributed by atoms with Crippen LogP contribution in [-0.4, -0.2) is 34.9 Å². The fraction of sp³-hybridized carbons (Fsp3) is 0.211. The van der Waals surface area contributed by atoms with Gasteiger partial charge in [0.15, 0.2) is 17.3 Å². The molecule has 3 aromatic rings. The predicted octanol–water partition coefficient (Wildman–Crippen LogP) is 3.81. The quantitative estimate of drug-likeness (QED) is 0.721. The van der Waals surface area contributed by atoms with Crippen molar-refractivity contribution in [3.05, 3.63) is 58.5 Å². The number of methoxy groups -OCH3 is 2. The smallest absolute Gasteiger partial charge is 0.255 e. The minimum absolute atomic E-state index is 0.278. The summed E-state index contributed by atoms with van der Waals surface area (Å²) in [5.41, 5.74) is 2.55. The number of ether oxygens (including phenoxy) is 2. The second kappa shape index (κ2) is 7.67. The first-order valence-corrected chi connectivity index (χ1v) is 8.54. The molecule has 27 heavy (non-hydrogen) atoms. The number of hydrogen-bond acceptors (Lipinski definition) is 5. The molecule has 0 fully saturated rings. The van der Waals surface area contributed by atoms with Gasteiger partial charge in [-0.2, -0.15) is 5.10 Å². The number of carbonyl (C=O) groups excluding carboxylic acids is 1. The summed E-state index contributed by atoms with van der Waals surface area (Å²) in [4.78, 5) is 16.8. The van der Waals surface area contributed by atoms with Crippen LogP contribution in [0, 0.1) is 13.8 Å². The summed E-state index contributed by atoms with van der Waals surface area (Å²) < 4.78 is 12.1. The third-order valence-electron chi connectivity index (χ3n) is 4.07. The van der Waals surface area contributed by atoms with Crippen molar-refractivity contribution < 1.29 is 14.3 Å². The van der Waals surface area contributed by atoms with E-state index in [2.05, 4.69) is 15.4 Å². The van der Waals surface area contributed by atoms with Gasteiger partial charge in [-0.3, -0.25) is 4.79 Å². The number of hydrogen-bond donors (Lipinski definition) is 1. The molecule has 0 spiro atoms. The van der Waals surface area contributed by atoms with Gasteiger partial charge in [0.25, 0.3) is 5.91 Å². The first-order valence-electron chi connectivity index (χ1n) is 8.16. The molecule has 0 aliphatic carbocycles. The monoisotopic (exact) mass is 386 g/mol. The van der Waals surface area contributed by atoms with E-state index in [1.54, 1.807) is 48.3 Å². The van der Waals surface area contributed by atoms with E-state index in [9.17, 15) is 4.79 Å². The number of nitrogens with zero attached hydrogens (tertiary/aromatic N) is 3. The Morgan fingerprint density at radius 2 is 1.85 bits per heavy atom. The topological polar surface area (TPSA) is 78.3 Å². The molecule has 7 nitrogen and oxygen atoms in total. The van der Waals surface area contributed by atoms with E-state index in [1.165, 1.54) is 7.11 Å². The number of pyridine rings is 1. The molecule has 0 saturated heterocycles. The summed E-state index contributed by atoms with van der Waals surface area (Å²) in [6.07, 6.45) is 1.57. The summed E-state index contributed by atoms with van der Waals surface area (Å²) >= 11 is 6.18. The Kier molecular flexibility index (Phi) is 5.32. The third kappa shape index (κ3) is 3.73. The van der Waals surface area contributed by atoms with Crippen LogP contribution in [0.25, 0.3) is 5.82 Å². The maximum atomic E-state index is 12.5. The van der Waals surface area contributed by atoms with E-state index in [0.29, 0.717) is 33.6 Å². The van der Waals surface area contributed by atoms with E-state index in [-0.39, 0.29) is 5.91 Å². The highest BCUT2D eigenvalue weighted by molar-refractivity contribution is 6.31. The van der Waals surface area contributed by atoms with Crippen molar-refractivity contribution in [1.29, 1.82) is 0 Å². The SMILES string of the molecule is COc1ccc(C(=O)Nc2ccc(-n3nc(C)c(Cl)c3C)nc2)cc1OC. The van der Waals surface area contributed by atoms with Crippen molar-refractivity contribution in [1.82, 2.24) is 14.8 Å². The maximum absolute atomic E-state index is 12.5. The Balaban J connectivity index is 1.78. The minimum Gasteiger partial charge on any atom is -0.493 e. The van der Waals surface area contributed by atoms with E-state index in [4.69, 9.17) is 21.1 Å². The van der Waals surface area contributed by atoms with Crippen LogP contribution in [0.15, 0.2) is 36.5 Å². The zero-order valence-electron chi connectivity index (χ0n) is 15.4. The largest absolute Gasteiger partial charge is 0.493 e. The molecule has 0 saturated carbocycles. The first kappa shape index (κ1) is 18.7. The molecule has 0 unspecified atom stereocenters. The van der Waals surface area contributed by atoms with Crippen molar-refractivity contribution in [2.24, 2.45) is 0 Å². The summed E-state index contributed by atoms with van der Waals surface area (Å²) in [5, 5.41) is 7.78. The van der Waals surface area contributed by atoms with Crippen molar-refractivity contribution >= 4 is 23.2 Å². The lowest BCUT2D eigenvalue weighted by atomic mass is 10.2. The summed E-state index contributed by atoms with van der Waals surface area (Å²) in [6.45, 7) is 3.71. The molecule has 0 aliphatic heterocycles. The fourth-order valence-corrected chi connectivity index (χ4v) is 2.73. The molecule has 1 amide bonds. The van der Waals surface area contributed by atoms with Gasteiger partial charge in [0.2, 0.25) is 0 Å². The molecular formula is C19H19ClN4O3. The van der Waals surface area contributed by atoms with Crippen molar-refractivity contribution in [3.8, 4) is 17.3 Å². The molecule has 0 aliphatic rings. The fourth-order valence-electron chi connectivity index (χ4n) is 2.61. The van der Waals surface area contributed by atoms with Crippen LogP contribution in [0.5, 0.6) is 11.5 Å². The third-order valence-corrected chi connectivity index (χ3v) is 4.62. The van der Waals surface area contributed by atoms with Crippen molar-refractivity contribution in [3.63, 3.8) is 0 Å². The number of anilines is 1. The average molecular weight is 387 g/mol. The van der Waals surface area contributed by atoms with Gasteiger partial charge in [0.05, 0.1) is 42.5 Å². The number of carbonyl (C=O) groups is 1. The standard InChI is InChI=1S/C19H19ClN4O3/c1-11-18(20)12(2)24(23-11)17-8-6-14(10-21-17)22-19(25)13-5-7-15(26-3)16(9-13)27-4/h5-10H,1-4H3,(H,22,25). The average Bonchev–Trinajstić information content (AvgIpc) is 2.95. The van der Waals surface area contributed by atoms with Gasteiger partial charge in [0, 0.05) is 5.56 Å². The van der Waals surface area contributed by atoms with Crippen LogP contribution in [0.4, 0.5) is 5.69 Å². The number of rotatable bonds is 5. The second-order valence-electron chi connectivity index (χ2n) is 5.83. The number of amides is 1. The van der Waals surface area contributed by atoms with Gasteiger partial charge in [-0.15, -0.1) is 0 Å². The number of halogens is 1. The molecule has 8 heteroatoms. The molecular weight excluding hydrogens is 368 g/mol. The Bertz CT molecular complexity index is 983. The van der Waals surface area contributed by atoms with Crippen molar-refractivity contribution in [2.45, 2.75) is 13.8 Å². The molecule has 1 N–H and O–H groups in total. The number of aryl methyl sites for hydroxylation is 1. The minimum atomic E-state index is -0.278. The van der Waals surface area contributed by atoms with Gasteiger partial charge in [-0.25, -0.2) is 9.67 Å². The van der Waals surface area contributed by atoms with Crippen LogP contribution < -0.4 is 14.8 Å². The van der Waals surface area contributed by atoms with Gasteiger partial charge in [-0.1, -0.05) is 11.6 Å². The molecule has 0 radical (unpaired) electrons. The molecule has 0 bridgehead atoms. The highest BCUT2D eigenvalue weighted by Crippen LogP contribution is 2.28. The van der Waals surface area contributed by atoms with Crippen LogP contribution >= 0.6 is 11.6 Å². The number of benzene rings is 1. The molecule has 0 atom stereocenters. The highest BCUT2D eigenvalue weighted by atomic mass is 35.5. The summed E-state index contributed by atoms with van der Waals surface area (Å²) in [6, 6.07) is 8.48. The zero-order valence-corrected chi connectivity index (χ0v) is 16.2. The highest BCUT2D eigenvalue weighted by Gasteiger charge is 2.13. The zero-order chi connectivity index (χ0) is 19.6. The summed E-state index contributed by atoms with van der Waals surface area (Å²) in [7, 11) is 3.06. The first-order chi connectivity index (χ1) is 12.9. The lowest BCUT2D eigenvalue weighted by Crippen LogP contribution is -2.12. The van der Waals surface area contributed by atoms with Crippen LogP contribution in [0.3, 0.4) is 0 Å². The van der Waals surface area contributed by atoms with Crippen LogP contribution in [0.2, 0.25) is 5.02 Å². The van der Waals surface area contributed by atoms with Gasteiger partial charge >= 0.3 is 0 Å². The summed E-state index contributed by atoms with van der Waals surface area (Å²) in [5.74, 6) is 1.38. The van der Waals surface area contributed by atoms with Gasteiger partial charge in [-0.05, 0) is 44.2 Å². The predicted molar refractivity (Wildman–Crippen MR) is 103 cm³/mol. The van der Waals surface area contributed by atoms with Gasteiger partial charge in [0.1, 0.15) is 0 Å². The van der Waals surface area contributed by atoms with E-state index in [1.807, 2.05) is 13.8 Å². The number of aromatic nitrogens is 3. The van der Waals surface area contributed by atoms with Crippen LogP contribution in [0.1, 0.15) is 21.7 Å². The molecule has 1 aromatic carbocycles. The van der Waals surface area contributed by atoms with Gasteiger partial charge < -0.3 is 14.8 Å². The molecule has 2 heterocycles. The molecule has 2 aromatic heterocycles. The lowest BCUT2D eigenvalue weighted by Gasteiger charge is -2.10.